The van der Waals surface area contributed by atoms with E-state index in [9.17, 15) is 0 Å². The fourth-order valence-electron chi connectivity index (χ4n) is 4.08. The highest BCUT2D eigenvalue weighted by Gasteiger charge is 2.39. The number of nitrogens with one attached hydrogen (secondary N) is 1. The highest BCUT2D eigenvalue weighted by atomic mass is 16.5. The molecule has 0 saturated carbocycles. The number of hydrogen-bond donors (Lipinski definition) is 1. The Kier molecular flexibility index (Phi) is 4.96. The maximum Gasteiger partial charge on any atom is 0.246 e. The minimum atomic E-state index is -0.269. The SMILES string of the molecule is [B]C1(N2CCN(c3cc(C)cc(Nc4ncn(-c5ccccc5)n4)c3)CC2)COC1. The van der Waals surface area contributed by atoms with Gasteiger partial charge in [0.1, 0.15) is 14.2 Å². The average Bonchev–Trinajstić information content (AvgIpc) is 3.21. The molecular formula is C22H25BN6O. The van der Waals surface area contributed by atoms with Crippen LogP contribution < -0.4 is 10.2 Å². The molecule has 2 aliphatic rings. The van der Waals surface area contributed by atoms with Crippen LogP contribution in [0, 0.1) is 6.92 Å². The van der Waals surface area contributed by atoms with Crippen molar-refractivity contribution in [3.05, 3.63) is 60.4 Å². The third-order valence-electron chi connectivity index (χ3n) is 5.81. The van der Waals surface area contributed by atoms with Crippen LogP contribution in [0.5, 0.6) is 0 Å². The number of para-hydroxylation sites is 1. The molecule has 1 aromatic heterocycles. The van der Waals surface area contributed by atoms with Crippen molar-refractivity contribution in [2.24, 2.45) is 0 Å². The largest absolute Gasteiger partial charge is 0.379 e. The summed E-state index contributed by atoms with van der Waals surface area (Å²) in [4.78, 5) is 9.17. The van der Waals surface area contributed by atoms with Crippen LogP contribution in [0.2, 0.25) is 0 Å². The Balaban J connectivity index is 1.28. The summed E-state index contributed by atoms with van der Waals surface area (Å²) in [5.74, 6) is 0.579. The van der Waals surface area contributed by atoms with E-state index in [-0.39, 0.29) is 5.44 Å². The number of piperazine rings is 1. The minimum absolute atomic E-state index is 0.269. The molecule has 2 radical (unpaired) electrons. The van der Waals surface area contributed by atoms with Gasteiger partial charge in [0.25, 0.3) is 0 Å². The third kappa shape index (κ3) is 3.80. The average molecular weight is 400 g/mol. The zero-order valence-corrected chi connectivity index (χ0v) is 17.2. The Bertz CT molecular complexity index is 1010. The van der Waals surface area contributed by atoms with Crippen LogP contribution in [0.4, 0.5) is 17.3 Å². The van der Waals surface area contributed by atoms with Gasteiger partial charge >= 0.3 is 0 Å². The van der Waals surface area contributed by atoms with E-state index >= 15 is 0 Å². The van der Waals surface area contributed by atoms with Gasteiger partial charge in [-0.1, -0.05) is 18.2 Å². The normalized spacial score (nSPS) is 18.8. The summed E-state index contributed by atoms with van der Waals surface area (Å²) in [6, 6.07) is 16.5. The molecule has 2 saturated heterocycles. The van der Waals surface area contributed by atoms with Gasteiger partial charge in [-0.05, 0) is 42.8 Å². The molecule has 152 valence electrons. The predicted octanol–water partition coefficient (Wildman–Crippen LogP) is 2.34. The first-order valence-corrected chi connectivity index (χ1v) is 10.3. The van der Waals surface area contributed by atoms with Crippen LogP contribution in [0.1, 0.15) is 5.56 Å². The van der Waals surface area contributed by atoms with Crippen LogP contribution in [0.25, 0.3) is 5.69 Å². The number of benzene rings is 2. The maximum absolute atomic E-state index is 6.40. The van der Waals surface area contributed by atoms with Crippen molar-refractivity contribution in [2.75, 3.05) is 49.6 Å². The number of rotatable bonds is 5. The van der Waals surface area contributed by atoms with E-state index in [1.165, 1.54) is 11.3 Å². The highest BCUT2D eigenvalue weighted by Crippen LogP contribution is 2.28. The summed E-state index contributed by atoms with van der Waals surface area (Å²) in [6.07, 6.45) is 1.72. The molecular weight excluding hydrogens is 375 g/mol. The summed E-state index contributed by atoms with van der Waals surface area (Å²) in [5, 5.41) is 7.90. The predicted molar refractivity (Wildman–Crippen MR) is 119 cm³/mol. The standard InChI is InChI=1S/C22H25BN6O/c1-17-11-18(25-21-24-16-29(26-21)19-5-3-2-4-6-19)13-20(12-17)27-7-9-28(10-8-27)22(23)14-30-15-22/h2-6,11-13,16H,7-10,14-15H2,1H3,(H,25,26). The molecule has 2 fully saturated rings. The lowest BCUT2D eigenvalue weighted by atomic mass is 9.74. The monoisotopic (exact) mass is 400 g/mol. The summed E-state index contributed by atoms with van der Waals surface area (Å²) < 4.78 is 7.09. The first kappa shape index (κ1) is 19.1. The highest BCUT2D eigenvalue weighted by molar-refractivity contribution is 6.16. The van der Waals surface area contributed by atoms with E-state index in [1.807, 2.05) is 30.3 Å². The smallest absolute Gasteiger partial charge is 0.246 e. The molecule has 0 amide bonds. The number of aromatic nitrogens is 3. The third-order valence-corrected chi connectivity index (χ3v) is 5.81. The Morgan fingerprint density at radius 3 is 2.47 bits per heavy atom. The number of hydrogen-bond acceptors (Lipinski definition) is 6. The van der Waals surface area contributed by atoms with Crippen LogP contribution in [0.15, 0.2) is 54.9 Å². The topological polar surface area (TPSA) is 58.5 Å². The van der Waals surface area contributed by atoms with Gasteiger partial charge in [0, 0.05) is 43.0 Å². The molecule has 0 spiro atoms. The maximum atomic E-state index is 6.40. The van der Waals surface area contributed by atoms with E-state index in [4.69, 9.17) is 12.6 Å². The molecule has 0 unspecified atom stereocenters. The molecule has 2 aromatic carbocycles. The van der Waals surface area contributed by atoms with Crippen molar-refractivity contribution in [2.45, 2.75) is 12.4 Å². The van der Waals surface area contributed by atoms with E-state index in [2.05, 4.69) is 50.3 Å². The first-order chi connectivity index (χ1) is 14.6. The van der Waals surface area contributed by atoms with Gasteiger partial charge in [0.2, 0.25) is 5.95 Å². The Morgan fingerprint density at radius 2 is 1.77 bits per heavy atom. The molecule has 3 heterocycles. The number of ether oxygens (including phenoxy) is 1. The van der Waals surface area contributed by atoms with Gasteiger partial charge in [0.15, 0.2) is 0 Å². The van der Waals surface area contributed by atoms with Gasteiger partial charge in [-0.2, -0.15) is 4.98 Å². The van der Waals surface area contributed by atoms with Crippen LogP contribution in [-0.4, -0.2) is 72.3 Å². The summed E-state index contributed by atoms with van der Waals surface area (Å²) in [5.41, 5.74) is 4.10. The summed E-state index contributed by atoms with van der Waals surface area (Å²) >= 11 is 0. The molecule has 1 N–H and O–H groups in total. The lowest BCUT2D eigenvalue weighted by Crippen LogP contribution is -2.66. The lowest BCUT2D eigenvalue weighted by Gasteiger charge is -2.51. The second kappa shape index (κ2) is 7.77. The van der Waals surface area contributed by atoms with E-state index in [0.29, 0.717) is 19.2 Å². The minimum Gasteiger partial charge on any atom is -0.379 e. The fourth-order valence-corrected chi connectivity index (χ4v) is 4.08. The molecule has 7 nitrogen and oxygen atoms in total. The molecule has 2 aliphatic heterocycles. The number of aryl methyl sites for hydroxylation is 1. The van der Waals surface area contributed by atoms with Gasteiger partial charge in [-0.3, -0.25) is 4.90 Å². The summed E-state index contributed by atoms with van der Waals surface area (Å²) in [7, 11) is 6.40. The molecule has 8 heteroatoms. The molecule has 0 aliphatic carbocycles. The van der Waals surface area contributed by atoms with E-state index < -0.39 is 0 Å². The van der Waals surface area contributed by atoms with E-state index in [1.54, 1.807) is 11.0 Å². The van der Waals surface area contributed by atoms with Crippen molar-refractivity contribution >= 4 is 25.2 Å². The quantitative estimate of drug-likeness (QED) is 0.664. The number of nitrogens with zero attached hydrogens (tertiary/aromatic N) is 5. The van der Waals surface area contributed by atoms with Gasteiger partial charge < -0.3 is 15.0 Å². The fraction of sp³-hybridized carbons (Fsp3) is 0.364. The van der Waals surface area contributed by atoms with E-state index in [0.717, 1.165) is 37.6 Å². The van der Waals surface area contributed by atoms with Crippen LogP contribution in [-0.2, 0) is 4.74 Å². The second-order valence-corrected chi connectivity index (χ2v) is 8.10. The van der Waals surface area contributed by atoms with Gasteiger partial charge in [-0.25, -0.2) is 4.68 Å². The molecule has 0 bridgehead atoms. The first-order valence-electron chi connectivity index (χ1n) is 10.3. The number of anilines is 3. The summed E-state index contributed by atoms with van der Waals surface area (Å²) in [6.45, 7) is 7.16. The van der Waals surface area contributed by atoms with Crippen LogP contribution >= 0.6 is 0 Å². The van der Waals surface area contributed by atoms with Crippen molar-refractivity contribution in [1.29, 1.82) is 0 Å². The Hall–Kier alpha value is -2.84. The van der Waals surface area contributed by atoms with Crippen molar-refractivity contribution in [3.8, 4) is 5.69 Å². The van der Waals surface area contributed by atoms with Gasteiger partial charge in [-0.15, -0.1) is 5.10 Å². The lowest BCUT2D eigenvalue weighted by molar-refractivity contribution is -0.0933. The van der Waals surface area contributed by atoms with Crippen molar-refractivity contribution in [3.63, 3.8) is 0 Å². The van der Waals surface area contributed by atoms with Crippen molar-refractivity contribution < 1.29 is 4.74 Å². The van der Waals surface area contributed by atoms with Gasteiger partial charge in [0.05, 0.1) is 18.9 Å². The Labute approximate surface area is 178 Å². The zero-order valence-electron chi connectivity index (χ0n) is 17.2. The second-order valence-electron chi connectivity index (χ2n) is 8.10. The van der Waals surface area contributed by atoms with Crippen molar-refractivity contribution in [1.82, 2.24) is 19.7 Å². The molecule has 3 aromatic rings. The zero-order chi connectivity index (χ0) is 20.6. The molecule has 30 heavy (non-hydrogen) atoms. The van der Waals surface area contributed by atoms with Crippen LogP contribution in [0.3, 0.4) is 0 Å². The Morgan fingerprint density at radius 1 is 1.00 bits per heavy atom. The molecule has 5 rings (SSSR count). The molecule has 0 atom stereocenters.